The molecule has 0 unspecified atom stereocenters. The van der Waals surface area contributed by atoms with Crippen molar-refractivity contribution in [3.8, 4) is 0 Å². The molecule has 0 aliphatic carbocycles. The van der Waals surface area contributed by atoms with Gasteiger partial charge in [-0.15, -0.1) is 0 Å². The Hall–Kier alpha value is -1.88. The predicted octanol–water partition coefficient (Wildman–Crippen LogP) is 1.84. The van der Waals surface area contributed by atoms with Crippen LogP contribution in [0, 0.1) is 12.7 Å². The topological polar surface area (TPSA) is 54.1 Å². The molecule has 2 aromatic rings. The summed E-state index contributed by atoms with van der Waals surface area (Å²) in [4.78, 5) is 19.1. The molecule has 0 radical (unpaired) electrons. The van der Waals surface area contributed by atoms with E-state index < -0.39 is 0 Å². The molecule has 90 valence electrons. The van der Waals surface area contributed by atoms with Crippen molar-refractivity contribution in [3.63, 3.8) is 0 Å². The van der Waals surface area contributed by atoms with Crippen molar-refractivity contribution < 1.29 is 14.0 Å². The van der Waals surface area contributed by atoms with Crippen molar-refractivity contribution in [2.75, 3.05) is 7.11 Å². The molecule has 5 heteroatoms. The van der Waals surface area contributed by atoms with Gasteiger partial charge in [0.1, 0.15) is 5.82 Å². The van der Waals surface area contributed by atoms with Gasteiger partial charge in [-0.2, -0.15) is 0 Å². The Kier molecular flexibility index (Phi) is 3.10. The first-order valence-corrected chi connectivity index (χ1v) is 5.20. The van der Waals surface area contributed by atoms with Gasteiger partial charge in [0.2, 0.25) is 5.91 Å². The lowest BCUT2D eigenvalue weighted by atomic mass is 10.1. The van der Waals surface area contributed by atoms with Crippen LogP contribution < -0.4 is 5.48 Å². The minimum atomic E-state index is -0.315. The highest BCUT2D eigenvalue weighted by Crippen LogP contribution is 2.23. The van der Waals surface area contributed by atoms with Crippen LogP contribution in [0.15, 0.2) is 18.2 Å². The maximum atomic E-state index is 13.2. The van der Waals surface area contributed by atoms with Crippen molar-refractivity contribution in [1.29, 1.82) is 0 Å². The first kappa shape index (κ1) is 11.6. The number of rotatable bonds is 3. The lowest BCUT2D eigenvalue weighted by molar-refractivity contribution is -0.130. The molecular formula is C12H13FN2O2. The number of aromatic amines is 1. The number of fused-ring (bicyclic) bond motifs is 1. The smallest absolute Gasteiger partial charge is 0.248 e. The largest absolute Gasteiger partial charge is 0.358 e. The number of hydroxylamine groups is 1. The number of aromatic nitrogens is 1. The summed E-state index contributed by atoms with van der Waals surface area (Å²) in [5.74, 6) is -0.578. The third kappa shape index (κ3) is 2.29. The molecule has 2 N–H and O–H groups in total. The number of H-pyrrole nitrogens is 1. The Morgan fingerprint density at radius 1 is 1.53 bits per heavy atom. The van der Waals surface area contributed by atoms with Crippen LogP contribution in [0.4, 0.5) is 4.39 Å². The van der Waals surface area contributed by atoms with Crippen LogP contribution in [0.3, 0.4) is 0 Å². The molecule has 1 heterocycles. The molecule has 0 aliphatic heterocycles. The minimum absolute atomic E-state index is 0.156. The van der Waals surface area contributed by atoms with Crippen LogP contribution in [0.5, 0.6) is 0 Å². The van der Waals surface area contributed by atoms with Gasteiger partial charge in [0.05, 0.1) is 13.5 Å². The van der Waals surface area contributed by atoms with Crippen LogP contribution >= 0.6 is 0 Å². The quantitative estimate of drug-likeness (QED) is 0.799. The standard InChI is InChI=1S/C12H13FN2O2/c1-7-9(6-12(16)15-17-2)10-5-8(13)3-4-11(10)14-7/h3-5,14H,6H2,1-2H3,(H,15,16). The number of aryl methyl sites for hydroxylation is 1. The normalized spacial score (nSPS) is 10.8. The molecule has 17 heavy (non-hydrogen) atoms. The van der Waals surface area contributed by atoms with E-state index in [1.807, 2.05) is 6.92 Å². The lowest BCUT2D eigenvalue weighted by Gasteiger charge is -2.02. The molecule has 1 aromatic heterocycles. The molecule has 0 saturated heterocycles. The van der Waals surface area contributed by atoms with E-state index in [9.17, 15) is 9.18 Å². The third-order valence-electron chi connectivity index (χ3n) is 2.63. The number of carbonyl (C=O) groups is 1. The zero-order chi connectivity index (χ0) is 12.4. The van der Waals surface area contributed by atoms with E-state index in [-0.39, 0.29) is 18.1 Å². The van der Waals surface area contributed by atoms with Crippen molar-refractivity contribution in [3.05, 3.63) is 35.3 Å². The van der Waals surface area contributed by atoms with E-state index in [1.54, 1.807) is 6.07 Å². The Balaban J connectivity index is 2.41. The van der Waals surface area contributed by atoms with Gasteiger partial charge in [-0.1, -0.05) is 0 Å². The summed E-state index contributed by atoms with van der Waals surface area (Å²) >= 11 is 0. The summed E-state index contributed by atoms with van der Waals surface area (Å²) in [5.41, 5.74) is 4.71. The fraction of sp³-hybridized carbons (Fsp3) is 0.250. The molecule has 4 nitrogen and oxygen atoms in total. The number of carbonyl (C=O) groups excluding carboxylic acids is 1. The Bertz CT molecular complexity index is 563. The molecular weight excluding hydrogens is 223 g/mol. The van der Waals surface area contributed by atoms with Crippen molar-refractivity contribution in [2.24, 2.45) is 0 Å². The molecule has 0 saturated carbocycles. The number of hydrogen-bond donors (Lipinski definition) is 2. The summed E-state index contributed by atoms with van der Waals surface area (Å²) < 4.78 is 13.2. The van der Waals surface area contributed by atoms with Gasteiger partial charge >= 0.3 is 0 Å². The molecule has 0 fully saturated rings. The average Bonchev–Trinajstić information content (AvgIpc) is 2.56. The highest BCUT2D eigenvalue weighted by molar-refractivity contribution is 5.89. The van der Waals surface area contributed by atoms with Gasteiger partial charge in [0, 0.05) is 16.6 Å². The second kappa shape index (κ2) is 4.55. The number of amides is 1. The summed E-state index contributed by atoms with van der Waals surface area (Å²) in [7, 11) is 1.37. The number of nitrogens with one attached hydrogen (secondary N) is 2. The van der Waals surface area contributed by atoms with Crippen molar-refractivity contribution in [2.45, 2.75) is 13.3 Å². The fourth-order valence-electron chi connectivity index (χ4n) is 1.89. The number of benzene rings is 1. The number of halogens is 1. The molecule has 1 amide bonds. The van der Waals surface area contributed by atoms with Crippen LogP contribution in [0.2, 0.25) is 0 Å². The van der Waals surface area contributed by atoms with Crippen LogP contribution in [0.1, 0.15) is 11.3 Å². The molecule has 1 aromatic carbocycles. The minimum Gasteiger partial charge on any atom is -0.358 e. The highest BCUT2D eigenvalue weighted by atomic mass is 19.1. The van der Waals surface area contributed by atoms with E-state index in [0.717, 1.165) is 22.2 Å². The predicted molar refractivity (Wildman–Crippen MR) is 61.8 cm³/mol. The second-order valence-electron chi connectivity index (χ2n) is 3.82. The fourth-order valence-corrected chi connectivity index (χ4v) is 1.89. The summed E-state index contributed by atoms with van der Waals surface area (Å²) in [6.07, 6.45) is 0.156. The molecule has 0 bridgehead atoms. The third-order valence-corrected chi connectivity index (χ3v) is 2.63. The van der Waals surface area contributed by atoms with Crippen molar-refractivity contribution in [1.82, 2.24) is 10.5 Å². The Morgan fingerprint density at radius 2 is 2.29 bits per heavy atom. The Labute approximate surface area is 97.7 Å². The molecule has 0 spiro atoms. The Morgan fingerprint density at radius 3 is 3.00 bits per heavy atom. The van der Waals surface area contributed by atoms with Gasteiger partial charge in [0.15, 0.2) is 0 Å². The first-order chi connectivity index (χ1) is 8.11. The van der Waals surface area contributed by atoms with Gasteiger partial charge in [-0.3, -0.25) is 9.63 Å². The van der Waals surface area contributed by atoms with Gasteiger partial charge in [-0.25, -0.2) is 9.87 Å². The summed E-state index contributed by atoms with van der Waals surface area (Å²) in [5, 5.41) is 0.730. The monoisotopic (exact) mass is 236 g/mol. The van der Waals surface area contributed by atoms with E-state index in [2.05, 4.69) is 15.3 Å². The van der Waals surface area contributed by atoms with E-state index >= 15 is 0 Å². The van der Waals surface area contributed by atoms with E-state index in [0.29, 0.717) is 0 Å². The maximum absolute atomic E-state index is 13.2. The molecule has 0 atom stereocenters. The van der Waals surface area contributed by atoms with Crippen LogP contribution in [-0.4, -0.2) is 18.0 Å². The highest BCUT2D eigenvalue weighted by Gasteiger charge is 2.12. The molecule has 0 aliphatic rings. The summed E-state index contributed by atoms with van der Waals surface area (Å²) in [6.45, 7) is 1.85. The van der Waals surface area contributed by atoms with Crippen LogP contribution in [-0.2, 0) is 16.1 Å². The first-order valence-electron chi connectivity index (χ1n) is 5.20. The second-order valence-corrected chi connectivity index (χ2v) is 3.82. The zero-order valence-electron chi connectivity index (χ0n) is 9.63. The number of hydrogen-bond acceptors (Lipinski definition) is 2. The van der Waals surface area contributed by atoms with Gasteiger partial charge in [-0.05, 0) is 30.7 Å². The SMILES string of the molecule is CONC(=O)Cc1c(C)[nH]c2ccc(F)cc12. The average molecular weight is 236 g/mol. The summed E-state index contributed by atoms with van der Waals surface area (Å²) in [6, 6.07) is 4.47. The van der Waals surface area contributed by atoms with E-state index in [4.69, 9.17) is 0 Å². The maximum Gasteiger partial charge on any atom is 0.248 e. The zero-order valence-corrected chi connectivity index (χ0v) is 9.63. The van der Waals surface area contributed by atoms with Gasteiger partial charge in [0.25, 0.3) is 0 Å². The van der Waals surface area contributed by atoms with E-state index in [1.165, 1.54) is 19.2 Å². The lowest BCUT2D eigenvalue weighted by Crippen LogP contribution is -2.23. The molecule has 2 rings (SSSR count). The van der Waals surface area contributed by atoms with Crippen LogP contribution in [0.25, 0.3) is 10.9 Å². The van der Waals surface area contributed by atoms with Gasteiger partial charge < -0.3 is 4.98 Å². The van der Waals surface area contributed by atoms with Crippen molar-refractivity contribution >= 4 is 16.8 Å².